The molecule has 0 aliphatic heterocycles. The van der Waals surface area contributed by atoms with Crippen LogP contribution in [-0.4, -0.2) is 21.0 Å². The monoisotopic (exact) mass is 348 g/mol. The van der Waals surface area contributed by atoms with Crippen LogP contribution >= 0.6 is 0 Å². The molecule has 1 aromatic carbocycles. The molecule has 0 spiro atoms. The molecule has 0 atom stereocenters. The highest BCUT2D eigenvalue weighted by Gasteiger charge is 2.41. The van der Waals surface area contributed by atoms with Gasteiger partial charge in [-0.2, -0.15) is 4.98 Å². The van der Waals surface area contributed by atoms with Gasteiger partial charge in [0.05, 0.1) is 0 Å². The Kier molecular flexibility index (Phi) is 4.48. The lowest BCUT2D eigenvalue weighted by Crippen LogP contribution is -2.47. The molecule has 2 aromatic heterocycles. The van der Waals surface area contributed by atoms with E-state index in [1.54, 1.807) is 18.3 Å². The Bertz CT molecular complexity index is 871. The van der Waals surface area contributed by atoms with Crippen LogP contribution in [0.2, 0.25) is 0 Å². The van der Waals surface area contributed by atoms with Gasteiger partial charge in [0.2, 0.25) is 5.82 Å². The van der Waals surface area contributed by atoms with Crippen molar-refractivity contribution in [3.8, 4) is 11.5 Å². The Balaban J connectivity index is 1.65. The van der Waals surface area contributed by atoms with Crippen LogP contribution in [0.3, 0.4) is 0 Å². The first-order valence-electron chi connectivity index (χ1n) is 8.90. The van der Waals surface area contributed by atoms with Gasteiger partial charge in [0.25, 0.3) is 11.8 Å². The summed E-state index contributed by atoms with van der Waals surface area (Å²) in [5.74, 6) is 0.784. The highest BCUT2D eigenvalue weighted by Crippen LogP contribution is 2.37. The van der Waals surface area contributed by atoms with Gasteiger partial charge in [-0.3, -0.25) is 9.78 Å². The number of benzene rings is 1. The number of nitrogens with zero attached hydrogens (tertiary/aromatic N) is 3. The van der Waals surface area contributed by atoms with Gasteiger partial charge in [-0.05, 0) is 37.1 Å². The molecule has 4 rings (SSSR count). The molecular weight excluding hydrogens is 328 g/mol. The van der Waals surface area contributed by atoms with Gasteiger partial charge in [0, 0.05) is 11.8 Å². The number of pyridine rings is 1. The molecule has 1 aliphatic rings. The van der Waals surface area contributed by atoms with Crippen LogP contribution in [0.1, 0.15) is 48.4 Å². The lowest BCUT2D eigenvalue weighted by atomic mass is 9.81. The number of rotatable bonds is 4. The molecule has 6 nitrogen and oxygen atoms in total. The van der Waals surface area contributed by atoms with Crippen LogP contribution in [0, 0.1) is 0 Å². The normalized spacial score (nSPS) is 16.2. The SMILES string of the molecule is O=C(NC1(c2nc(-c3ccccn3)no2)CCCCC1)c1ccccc1. The minimum atomic E-state index is -0.620. The maximum atomic E-state index is 12.8. The summed E-state index contributed by atoms with van der Waals surface area (Å²) in [4.78, 5) is 21.6. The first-order valence-corrected chi connectivity index (χ1v) is 8.90. The molecule has 1 amide bonds. The zero-order chi connectivity index (χ0) is 17.8. The van der Waals surface area contributed by atoms with Crippen molar-refractivity contribution in [2.24, 2.45) is 0 Å². The van der Waals surface area contributed by atoms with E-state index in [0.717, 1.165) is 32.1 Å². The smallest absolute Gasteiger partial charge is 0.252 e. The predicted molar refractivity (Wildman–Crippen MR) is 96.2 cm³/mol. The van der Waals surface area contributed by atoms with Crippen LogP contribution in [-0.2, 0) is 5.54 Å². The topological polar surface area (TPSA) is 80.9 Å². The third-order valence-corrected chi connectivity index (χ3v) is 4.83. The number of amides is 1. The van der Waals surface area contributed by atoms with Crippen molar-refractivity contribution in [1.82, 2.24) is 20.4 Å². The van der Waals surface area contributed by atoms with Crippen LogP contribution in [0.5, 0.6) is 0 Å². The zero-order valence-electron chi connectivity index (χ0n) is 14.4. The fourth-order valence-electron chi connectivity index (χ4n) is 3.44. The van der Waals surface area contributed by atoms with Gasteiger partial charge >= 0.3 is 0 Å². The maximum Gasteiger partial charge on any atom is 0.252 e. The fourth-order valence-corrected chi connectivity index (χ4v) is 3.44. The maximum absolute atomic E-state index is 12.8. The Morgan fingerprint density at radius 2 is 1.77 bits per heavy atom. The molecule has 132 valence electrons. The number of carbonyl (C=O) groups excluding carboxylic acids is 1. The summed E-state index contributed by atoms with van der Waals surface area (Å²) in [5.41, 5.74) is 0.662. The molecule has 0 saturated heterocycles. The summed E-state index contributed by atoms with van der Waals surface area (Å²) < 4.78 is 5.58. The summed E-state index contributed by atoms with van der Waals surface area (Å²) in [5, 5.41) is 7.26. The molecule has 2 heterocycles. The first kappa shape index (κ1) is 16.4. The van der Waals surface area contributed by atoms with E-state index in [9.17, 15) is 4.79 Å². The molecular formula is C20H20N4O2. The lowest BCUT2D eigenvalue weighted by Gasteiger charge is -2.34. The van der Waals surface area contributed by atoms with E-state index >= 15 is 0 Å². The van der Waals surface area contributed by atoms with Crippen LogP contribution in [0.25, 0.3) is 11.5 Å². The summed E-state index contributed by atoms with van der Waals surface area (Å²) in [6.07, 6.45) is 6.43. The van der Waals surface area contributed by atoms with Crippen molar-refractivity contribution in [3.05, 3.63) is 66.2 Å². The zero-order valence-corrected chi connectivity index (χ0v) is 14.4. The van der Waals surface area contributed by atoms with Gasteiger partial charge in [0.15, 0.2) is 0 Å². The van der Waals surface area contributed by atoms with E-state index in [4.69, 9.17) is 4.52 Å². The second kappa shape index (κ2) is 7.07. The molecule has 0 radical (unpaired) electrons. The molecule has 3 aromatic rings. The van der Waals surface area contributed by atoms with E-state index in [0.29, 0.717) is 23.0 Å². The van der Waals surface area contributed by atoms with Gasteiger partial charge in [-0.25, -0.2) is 0 Å². The van der Waals surface area contributed by atoms with E-state index in [1.807, 2.05) is 36.4 Å². The molecule has 0 bridgehead atoms. The molecule has 26 heavy (non-hydrogen) atoms. The van der Waals surface area contributed by atoms with Crippen molar-refractivity contribution in [2.45, 2.75) is 37.6 Å². The molecule has 1 aliphatic carbocycles. The second-order valence-corrected chi connectivity index (χ2v) is 6.60. The molecule has 1 N–H and O–H groups in total. The van der Waals surface area contributed by atoms with Gasteiger partial charge in [0.1, 0.15) is 11.2 Å². The largest absolute Gasteiger partial charge is 0.338 e. The number of hydrogen-bond acceptors (Lipinski definition) is 5. The molecule has 0 unspecified atom stereocenters. The third-order valence-electron chi connectivity index (χ3n) is 4.83. The van der Waals surface area contributed by atoms with Crippen molar-refractivity contribution in [1.29, 1.82) is 0 Å². The summed E-state index contributed by atoms with van der Waals surface area (Å²) in [6, 6.07) is 14.8. The number of carbonyl (C=O) groups is 1. The molecule has 6 heteroatoms. The summed E-state index contributed by atoms with van der Waals surface area (Å²) in [6.45, 7) is 0. The van der Waals surface area contributed by atoms with Crippen LogP contribution in [0.4, 0.5) is 0 Å². The first-order chi connectivity index (χ1) is 12.8. The summed E-state index contributed by atoms with van der Waals surface area (Å²) in [7, 11) is 0. The minimum absolute atomic E-state index is 0.120. The highest BCUT2D eigenvalue weighted by atomic mass is 16.5. The Labute approximate surface area is 151 Å². The van der Waals surface area contributed by atoms with Crippen molar-refractivity contribution in [3.63, 3.8) is 0 Å². The standard InChI is InChI=1S/C20H20N4O2/c25-18(15-9-3-1-4-10-15)23-20(12-6-2-7-13-20)19-22-17(24-26-19)16-11-5-8-14-21-16/h1,3-5,8-11,14H,2,6-7,12-13H2,(H,23,25). The van der Waals surface area contributed by atoms with Gasteiger partial charge in [-0.1, -0.05) is 48.7 Å². The molecule has 1 fully saturated rings. The van der Waals surface area contributed by atoms with E-state index in [-0.39, 0.29) is 5.91 Å². The van der Waals surface area contributed by atoms with Crippen molar-refractivity contribution < 1.29 is 9.32 Å². The predicted octanol–water partition coefficient (Wildman–Crippen LogP) is 3.72. The fraction of sp³-hybridized carbons (Fsp3) is 0.300. The van der Waals surface area contributed by atoms with E-state index in [2.05, 4.69) is 20.4 Å². The number of hydrogen-bond donors (Lipinski definition) is 1. The average Bonchev–Trinajstić information content (AvgIpc) is 3.21. The van der Waals surface area contributed by atoms with Crippen LogP contribution in [0.15, 0.2) is 59.3 Å². The summed E-state index contributed by atoms with van der Waals surface area (Å²) >= 11 is 0. The van der Waals surface area contributed by atoms with Crippen LogP contribution < -0.4 is 5.32 Å². The lowest BCUT2D eigenvalue weighted by molar-refractivity contribution is 0.0824. The second-order valence-electron chi connectivity index (χ2n) is 6.60. The third kappa shape index (κ3) is 3.22. The highest BCUT2D eigenvalue weighted by molar-refractivity contribution is 5.94. The van der Waals surface area contributed by atoms with Gasteiger partial charge < -0.3 is 9.84 Å². The average molecular weight is 348 g/mol. The quantitative estimate of drug-likeness (QED) is 0.777. The van der Waals surface area contributed by atoms with Crippen molar-refractivity contribution >= 4 is 5.91 Å². The van der Waals surface area contributed by atoms with E-state index < -0.39 is 5.54 Å². The minimum Gasteiger partial charge on any atom is -0.338 e. The molecule has 1 saturated carbocycles. The van der Waals surface area contributed by atoms with Gasteiger partial charge in [-0.15, -0.1) is 0 Å². The Hall–Kier alpha value is -3.02. The van der Waals surface area contributed by atoms with Crippen molar-refractivity contribution in [2.75, 3.05) is 0 Å². The Morgan fingerprint density at radius 3 is 2.50 bits per heavy atom. The number of nitrogens with one attached hydrogen (secondary N) is 1. The number of aromatic nitrogens is 3. The van der Waals surface area contributed by atoms with E-state index in [1.165, 1.54) is 0 Å². The Morgan fingerprint density at radius 1 is 1.00 bits per heavy atom.